The van der Waals surface area contributed by atoms with Crippen LogP contribution in [0.15, 0.2) is 46.7 Å². The fraction of sp³-hybridized carbons (Fsp3) is 0.567. The summed E-state index contributed by atoms with van der Waals surface area (Å²) in [4.78, 5) is 4.64. The lowest BCUT2D eigenvalue weighted by Crippen LogP contribution is -2.38. The number of phenolic OH excluding ortho intramolecular Hbond substituents is 1. The van der Waals surface area contributed by atoms with Gasteiger partial charge in [-0.05, 0) is 50.9 Å². The summed E-state index contributed by atoms with van der Waals surface area (Å²) in [6.07, 6.45) is 13.2. The second-order valence-corrected chi connectivity index (χ2v) is 10.1. The van der Waals surface area contributed by atoms with Crippen LogP contribution in [0.4, 0.5) is 0 Å². The number of nitrogens with zero attached hydrogens (tertiary/aromatic N) is 1. The predicted molar refractivity (Wildman–Crippen MR) is 150 cm³/mol. The summed E-state index contributed by atoms with van der Waals surface area (Å²) >= 11 is 0. The lowest BCUT2D eigenvalue weighted by atomic mass is 10.00. The molecule has 7 nitrogen and oxygen atoms in total. The Morgan fingerprint density at radius 2 is 2.05 bits per heavy atom. The fourth-order valence-corrected chi connectivity index (χ4v) is 4.44. The number of aromatic hydroxyl groups is 1. The summed E-state index contributed by atoms with van der Waals surface area (Å²) in [5.74, 6) is 1.92. The number of likely N-dealkylation sites (N-methyl/N-ethyl adjacent to an activating group) is 1. The molecular weight excluding hydrogens is 466 g/mol. The van der Waals surface area contributed by atoms with Gasteiger partial charge in [-0.1, -0.05) is 44.9 Å². The molecule has 4 N–H and O–H groups in total. The van der Waals surface area contributed by atoms with Crippen LogP contribution < -0.4 is 15.4 Å². The summed E-state index contributed by atoms with van der Waals surface area (Å²) in [7, 11) is 0. The first-order valence-electron chi connectivity index (χ1n) is 13.8. The Hall–Kier alpha value is -2.61. The quantitative estimate of drug-likeness (QED) is 0.230. The molecule has 0 aliphatic carbocycles. The second kappa shape index (κ2) is 15.0. The standard InChI is InChI=1S/C30H45N3O4/c1-5-7-8-25-12-13-26(37-25)11-9-23-10-14-29(35)30(15-23)36-20-28(32-6-2)27-16-24(19-33-27)21(3)17-31-18-22(4)34/h10,12-16,19,21-22,25,28,31-32,34-35H,5-9,11,17-18,20H2,1-4H3. The molecule has 2 aliphatic heterocycles. The summed E-state index contributed by atoms with van der Waals surface area (Å²) in [5, 5.41) is 26.6. The molecule has 4 atom stereocenters. The molecule has 0 fully saturated rings. The summed E-state index contributed by atoms with van der Waals surface area (Å²) < 4.78 is 12.1. The third-order valence-corrected chi connectivity index (χ3v) is 6.68. The summed E-state index contributed by atoms with van der Waals surface area (Å²) in [6.45, 7) is 10.7. The van der Waals surface area contributed by atoms with Gasteiger partial charge in [-0.2, -0.15) is 12.5 Å². The summed E-state index contributed by atoms with van der Waals surface area (Å²) in [6, 6.07) is 6.40. The van der Waals surface area contributed by atoms with Crippen molar-refractivity contribution in [2.75, 3.05) is 26.2 Å². The molecule has 0 aromatic heterocycles. The first-order chi connectivity index (χ1) is 17.9. The van der Waals surface area contributed by atoms with Crippen molar-refractivity contribution in [2.24, 2.45) is 10.9 Å². The van der Waals surface area contributed by atoms with E-state index in [1.54, 1.807) is 13.0 Å². The number of aliphatic hydroxyl groups excluding tert-OH is 1. The van der Waals surface area contributed by atoms with Crippen LogP contribution in [-0.2, 0) is 11.2 Å². The number of unbranched alkanes of at least 4 members (excludes halogenated alkanes) is 1. The number of hydrogen-bond donors (Lipinski definition) is 4. The lowest BCUT2D eigenvalue weighted by molar-refractivity contribution is 0.147. The van der Waals surface area contributed by atoms with Crippen molar-refractivity contribution in [3.05, 3.63) is 59.7 Å². The van der Waals surface area contributed by atoms with E-state index in [1.165, 1.54) is 12.8 Å². The second-order valence-electron chi connectivity index (χ2n) is 10.1. The Bertz CT molecular complexity index is 927. The number of ether oxygens (including phenoxy) is 2. The zero-order valence-corrected chi connectivity index (χ0v) is 22.9. The van der Waals surface area contributed by atoms with Gasteiger partial charge in [0.2, 0.25) is 0 Å². The maximum atomic E-state index is 10.4. The van der Waals surface area contributed by atoms with E-state index in [1.807, 2.05) is 18.3 Å². The van der Waals surface area contributed by atoms with Gasteiger partial charge in [0.05, 0.1) is 18.1 Å². The van der Waals surface area contributed by atoms with Crippen LogP contribution in [0.5, 0.6) is 11.5 Å². The highest BCUT2D eigenvalue weighted by Crippen LogP contribution is 2.30. The third kappa shape index (κ3) is 9.33. The number of allylic oxidation sites excluding steroid dienone is 1. The fourth-order valence-electron chi connectivity index (χ4n) is 4.44. The number of rotatable bonds is 17. The first kappa shape index (κ1) is 29.0. The number of nitrogens with one attached hydrogen (secondary N) is 2. The predicted octanol–water partition coefficient (Wildman–Crippen LogP) is 4.51. The van der Waals surface area contributed by atoms with Crippen LogP contribution in [0.3, 0.4) is 0 Å². The zero-order chi connectivity index (χ0) is 26.6. The van der Waals surface area contributed by atoms with Crippen LogP contribution in [0, 0.1) is 18.4 Å². The van der Waals surface area contributed by atoms with Crippen molar-refractivity contribution >= 4 is 6.21 Å². The molecule has 0 amide bonds. The molecule has 2 aliphatic rings. The minimum absolute atomic E-state index is 0.0907. The Labute approximate surface area is 223 Å². The first-order valence-corrected chi connectivity index (χ1v) is 13.8. The Balaban J connectivity index is 1.52. The normalized spacial score (nSPS) is 19.2. The zero-order valence-electron chi connectivity index (χ0n) is 22.9. The molecule has 0 bridgehead atoms. The van der Waals surface area contributed by atoms with Crippen LogP contribution in [0.2, 0.25) is 0 Å². The van der Waals surface area contributed by atoms with Crippen LogP contribution in [0.25, 0.3) is 0 Å². The highest BCUT2D eigenvalue weighted by molar-refractivity contribution is 5.84. The minimum atomic E-state index is -0.361. The lowest BCUT2D eigenvalue weighted by Gasteiger charge is -2.21. The molecule has 1 aromatic carbocycles. The van der Waals surface area contributed by atoms with E-state index in [0.717, 1.165) is 55.3 Å². The topological polar surface area (TPSA) is 95.3 Å². The molecule has 7 heteroatoms. The van der Waals surface area contributed by atoms with Crippen molar-refractivity contribution < 1.29 is 19.7 Å². The Kier molecular flexibility index (Phi) is 11.7. The average Bonchev–Trinajstić information content (AvgIpc) is 3.55. The van der Waals surface area contributed by atoms with Gasteiger partial charge >= 0.3 is 0 Å². The Morgan fingerprint density at radius 3 is 2.81 bits per heavy atom. The van der Waals surface area contributed by atoms with Gasteiger partial charge in [0.15, 0.2) is 23.8 Å². The van der Waals surface area contributed by atoms with E-state index in [9.17, 15) is 10.2 Å². The third-order valence-electron chi connectivity index (χ3n) is 6.68. The number of aryl methyl sites for hydroxylation is 1. The molecule has 204 valence electrons. The highest BCUT2D eigenvalue weighted by Gasteiger charge is 2.32. The molecule has 0 saturated heterocycles. The average molecular weight is 512 g/mol. The van der Waals surface area contributed by atoms with Gasteiger partial charge in [-0.3, -0.25) is 5.32 Å². The molecule has 3 rings (SSSR count). The molecule has 0 spiro atoms. The molecule has 4 unspecified atom stereocenters. The number of hydrogen-bond acceptors (Lipinski definition) is 7. The molecule has 0 radical (unpaired) electrons. The van der Waals surface area contributed by atoms with Crippen LogP contribution >= 0.6 is 0 Å². The van der Waals surface area contributed by atoms with Gasteiger partial charge in [-0.15, -0.1) is 4.99 Å². The van der Waals surface area contributed by atoms with Gasteiger partial charge in [0.1, 0.15) is 18.2 Å². The number of benzene rings is 1. The van der Waals surface area contributed by atoms with Crippen molar-refractivity contribution in [3.8, 4) is 11.5 Å². The summed E-state index contributed by atoms with van der Waals surface area (Å²) in [5.41, 5.74) is 2.25. The molecule has 37 heavy (non-hydrogen) atoms. The van der Waals surface area contributed by atoms with E-state index in [2.05, 4.69) is 55.0 Å². The van der Waals surface area contributed by atoms with Gasteiger partial charge in [0, 0.05) is 19.2 Å². The molecular formula is C30H45N3O4. The van der Waals surface area contributed by atoms with Gasteiger partial charge in [0.25, 0.3) is 0 Å². The maximum absolute atomic E-state index is 10.4. The van der Waals surface area contributed by atoms with Crippen LogP contribution in [0.1, 0.15) is 58.9 Å². The van der Waals surface area contributed by atoms with Crippen LogP contribution in [-0.4, -0.2) is 60.9 Å². The SMILES string of the molecule is CCCCC1[CH-]C=C(CCc2ccc(O)c(OCC(NCC)[C+]3C=C(C(C)CNCC(C)O)C=N3)c2)O1. The molecule has 0 saturated carbocycles. The van der Waals surface area contributed by atoms with E-state index >= 15 is 0 Å². The van der Waals surface area contributed by atoms with E-state index in [4.69, 9.17) is 9.47 Å². The molecule has 1 aromatic rings. The molecule has 2 heterocycles. The monoisotopic (exact) mass is 511 g/mol. The largest absolute Gasteiger partial charge is 0.592 e. The van der Waals surface area contributed by atoms with Crippen molar-refractivity contribution in [1.82, 2.24) is 10.6 Å². The van der Waals surface area contributed by atoms with Gasteiger partial charge in [-0.25, -0.2) is 0 Å². The van der Waals surface area contributed by atoms with E-state index in [-0.39, 0.29) is 29.9 Å². The van der Waals surface area contributed by atoms with E-state index in [0.29, 0.717) is 18.9 Å². The number of aliphatic imine (C=N–C) groups is 1. The smallest absolute Gasteiger partial charge is 0.176 e. The number of aliphatic hydroxyl groups is 1. The van der Waals surface area contributed by atoms with Crippen molar-refractivity contribution in [2.45, 2.75) is 78.0 Å². The van der Waals surface area contributed by atoms with Crippen molar-refractivity contribution in [3.63, 3.8) is 0 Å². The number of phenols is 1. The van der Waals surface area contributed by atoms with Crippen molar-refractivity contribution in [1.29, 1.82) is 0 Å². The maximum Gasteiger partial charge on any atom is 0.176 e. The van der Waals surface area contributed by atoms with E-state index < -0.39 is 0 Å². The Morgan fingerprint density at radius 1 is 1.22 bits per heavy atom. The highest BCUT2D eigenvalue weighted by atomic mass is 16.5. The van der Waals surface area contributed by atoms with Gasteiger partial charge < -0.3 is 25.0 Å². The minimum Gasteiger partial charge on any atom is -0.592 e.